The van der Waals surface area contributed by atoms with Crippen molar-refractivity contribution >= 4 is 11.9 Å². The first-order valence-corrected chi connectivity index (χ1v) is 2.55. The lowest BCUT2D eigenvalue weighted by Gasteiger charge is -2.01. The van der Waals surface area contributed by atoms with E-state index in [9.17, 15) is 9.59 Å². The number of carboxylic acids is 1. The zero-order valence-electron chi connectivity index (χ0n) is 5.40. The summed E-state index contributed by atoms with van der Waals surface area (Å²) in [6.07, 6.45) is -2.17. The van der Waals surface area contributed by atoms with Crippen LogP contribution in [0.5, 0.6) is 0 Å². The topological polar surface area (TPSA) is 83.8 Å². The van der Waals surface area contributed by atoms with Crippen molar-refractivity contribution in [2.45, 2.75) is 12.5 Å². The van der Waals surface area contributed by atoms with Crippen LogP contribution >= 0.6 is 0 Å². The minimum Gasteiger partial charge on any atom is -0.479 e. The van der Waals surface area contributed by atoms with Gasteiger partial charge in [0.1, 0.15) is 0 Å². The van der Waals surface area contributed by atoms with E-state index in [0.717, 1.165) is 7.11 Å². The monoisotopic (exact) mass is 148 g/mol. The summed E-state index contributed by atoms with van der Waals surface area (Å²) in [7, 11) is 1.12. The zero-order chi connectivity index (χ0) is 8.15. The van der Waals surface area contributed by atoms with Gasteiger partial charge in [-0.15, -0.1) is 0 Å². The Kier molecular flexibility index (Phi) is 3.42. The summed E-state index contributed by atoms with van der Waals surface area (Å²) in [5, 5.41) is 16.6. The normalized spacial score (nSPS) is 12.2. The molecule has 0 radical (unpaired) electrons. The van der Waals surface area contributed by atoms with Crippen LogP contribution in [0.25, 0.3) is 0 Å². The van der Waals surface area contributed by atoms with Gasteiger partial charge in [0.05, 0.1) is 13.5 Å². The zero-order valence-corrected chi connectivity index (χ0v) is 5.40. The Bertz CT molecular complexity index is 141. The van der Waals surface area contributed by atoms with Crippen molar-refractivity contribution in [3.63, 3.8) is 0 Å². The van der Waals surface area contributed by atoms with Gasteiger partial charge in [0.2, 0.25) is 0 Å². The summed E-state index contributed by atoms with van der Waals surface area (Å²) in [6.45, 7) is 0. The Hall–Kier alpha value is -1.10. The maximum absolute atomic E-state index is 10.3. The average Bonchev–Trinajstić information content (AvgIpc) is 1.87. The number of ether oxygens (including phenoxy) is 1. The van der Waals surface area contributed by atoms with Crippen molar-refractivity contribution in [2.75, 3.05) is 7.11 Å². The van der Waals surface area contributed by atoms with Gasteiger partial charge in [-0.1, -0.05) is 0 Å². The lowest BCUT2D eigenvalue weighted by atomic mass is 10.3. The molecule has 5 nitrogen and oxygen atoms in total. The molecule has 10 heavy (non-hydrogen) atoms. The van der Waals surface area contributed by atoms with Gasteiger partial charge in [-0.2, -0.15) is 0 Å². The standard InChI is InChI=1S/C5H8O5/c1-10-4(7)2-3(6)5(8)9/h3,6H,2H2,1H3,(H,8,9). The minimum absolute atomic E-state index is 0.508. The minimum atomic E-state index is -1.66. The molecule has 0 heterocycles. The molecule has 0 aliphatic rings. The van der Waals surface area contributed by atoms with Crippen LogP contribution in [0.3, 0.4) is 0 Å². The Morgan fingerprint density at radius 2 is 2.10 bits per heavy atom. The van der Waals surface area contributed by atoms with Gasteiger partial charge in [0.15, 0.2) is 6.10 Å². The van der Waals surface area contributed by atoms with E-state index >= 15 is 0 Å². The van der Waals surface area contributed by atoms with Crippen LogP contribution in [0.2, 0.25) is 0 Å². The van der Waals surface area contributed by atoms with E-state index < -0.39 is 24.5 Å². The number of esters is 1. The summed E-state index contributed by atoms with van der Waals surface area (Å²) in [5.74, 6) is -2.17. The molecule has 0 aliphatic carbocycles. The summed E-state index contributed by atoms with van der Waals surface area (Å²) >= 11 is 0. The predicted molar refractivity (Wildman–Crippen MR) is 30.3 cm³/mol. The first-order chi connectivity index (χ1) is 4.57. The molecule has 0 aliphatic heterocycles. The second kappa shape index (κ2) is 3.84. The molecule has 0 bridgehead atoms. The molecule has 0 spiro atoms. The second-order valence-corrected chi connectivity index (χ2v) is 1.63. The molecule has 0 amide bonds. The van der Waals surface area contributed by atoms with Crippen molar-refractivity contribution in [2.24, 2.45) is 0 Å². The molecule has 0 fully saturated rings. The fraction of sp³-hybridized carbons (Fsp3) is 0.600. The summed E-state index contributed by atoms with van der Waals surface area (Å²) < 4.78 is 4.11. The first kappa shape index (κ1) is 8.90. The van der Waals surface area contributed by atoms with Gasteiger partial charge in [0, 0.05) is 0 Å². The van der Waals surface area contributed by atoms with Gasteiger partial charge in [0.25, 0.3) is 0 Å². The Balaban J connectivity index is 3.68. The summed E-state index contributed by atoms with van der Waals surface area (Å²) in [4.78, 5) is 20.2. The molecule has 0 aromatic carbocycles. The van der Waals surface area contributed by atoms with Gasteiger partial charge in [-0.05, 0) is 0 Å². The van der Waals surface area contributed by atoms with Crippen LogP contribution in [-0.2, 0) is 14.3 Å². The number of carboxylic acid groups (broad SMARTS) is 1. The van der Waals surface area contributed by atoms with Crippen LogP contribution in [0, 0.1) is 0 Å². The molecular formula is C5H8O5. The molecule has 58 valence electrons. The Morgan fingerprint density at radius 3 is 2.40 bits per heavy atom. The summed E-state index contributed by atoms with van der Waals surface area (Å²) in [5.41, 5.74) is 0. The lowest BCUT2D eigenvalue weighted by molar-refractivity contribution is -0.154. The first-order valence-electron chi connectivity index (χ1n) is 2.55. The molecule has 0 saturated heterocycles. The molecule has 1 unspecified atom stereocenters. The smallest absolute Gasteiger partial charge is 0.333 e. The number of hydrogen-bond acceptors (Lipinski definition) is 4. The van der Waals surface area contributed by atoms with Crippen LogP contribution in [0.4, 0.5) is 0 Å². The van der Waals surface area contributed by atoms with E-state index in [4.69, 9.17) is 10.2 Å². The number of methoxy groups -OCH3 is 1. The lowest BCUT2D eigenvalue weighted by Crippen LogP contribution is -2.23. The molecule has 5 heteroatoms. The van der Waals surface area contributed by atoms with Crippen LogP contribution in [0.1, 0.15) is 6.42 Å². The van der Waals surface area contributed by atoms with E-state index in [-0.39, 0.29) is 0 Å². The van der Waals surface area contributed by atoms with Crippen molar-refractivity contribution in [3.05, 3.63) is 0 Å². The third-order valence-electron chi connectivity index (χ3n) is 0.873. The van der Waals surface area contributed by atoms with Gasteiger partial charge in [-0.3, -0.25) is 4.79 Å². The molecular weight excluding hydrogens is 140 g/mol. The number of rotatable bonds is 3. The largest absolute Gasteiger partial charge is 0.479 e. The fourth-order valence-corrected chi connectivity index (χ4v) is 0.329. The SMILES string of the molecule is COC(=O)CC(O)C(=O)O. The highest BCUT2D eigenvalue weighted by Gasteiger charge is 2.17. The van der Waals surface area contributed by atoms with E-state index in [1.54, 1.807) is 0 Å². The van der Waals surface area contributed by atoms with Crippen LogP contribution in [-0.4, -0.2) is 35.4 Å². The quantitative estimate of drug-likeness (QED) is 0.501. The van der Waals surface area contributed by atoms with Crippen molar-refractivity contribution < 1.29 is 24.5 Å². The highest BCUT2D eigenvalue weighted by atomic mass is 16.5. The maximum Gasteiger partial charge on any atom is 0.333 e. The number of aliphatic hydroxyl groups excluding tert-OH is 1. The van der Waals surface area contributed by atoms with E-state index in [1.807, 2.05) is 0 Å². The van der Waals surface area contributed by atoms with Crippen molar-refractivity contribution in [1.82, 2.24) is 0 Å². The predicted octanol–water partition coefficient (Wildman–Crippen LogP) is -1.01. The molecule has 0 aromatic heterocycles. The van der Waals surface area contributed by atoms with E-state index in [1.165, 1.54) is 0 Å². The Labute approximate surface area is 57.2 Å². The molecule has 1 atom stereocenters. The van der Waals surface area contributed by atoms with Gasteiger partial charge < -0.3 is 14.9 Å². The third kappa shape index (κ3) is 3.03. The summed E-state index contributed by atoms with van der Waals surface area (Å²) in [6, 6.07) is 0. The third-order valence-corrected chi connectivity index (χ3v) is 0.873. The molecule has 0 saturated carbocycles. The number of carbonyl (C=O) groups is 2. The number of aliphatic hydroxyl groups is 1. The van der Waals surface area contributed by atoms with Crippen molar-refractivity contribution in [3.8, 4) is 0 Å². The number of carbonyl (C=O) groups excluding carboxylic acids is 1. The van der Waals surface area contributed by atoms with Crippen molar-refractivity contribution in [1.29, 1.82) is 0 Å². The van der Waals surface area contributed by atoms with E-state index in [2.05, 4.69) is 4.74 Å². The average molecular weight is 148 g/mol. The van der Waals surface area contributed by atoms with Crippen LogP contribution < -0.4 is 0 Å². The Morgan fingerprint density at radius 1 is 1.60 bits per heavy atom. The van der Waals surface area contributed by atoms with Gasteiger partial charge in [-0.25, -0.2) is 4.79 Å². The van der Waals surface area contributed by atoms with Crippen LogP contribution in [0.15, 0.2) is 0 Å². The van der Waals surface area contributed by atoms with E-state index in [0.29, 0.717) is 0 Å². The number of aliphatic carboxylic acids is 1. The highest BCUT2D eigenvalue weighted by molar-refractivity contribution is 5.80. The second-order valence-electron chi connectivity index (χ2n) is 1.63. The molecule has 0 aromatic rings. The highest BCUT2D eigenvalue weighted by Crippen LogP contribution is 1.92. The molecule has 2 N–H and O–H groups in total. The maximum atomic E-state index is 10.3. The molecule has 0 rings (SSSR count). The number of hydrogen-bond donors (Lipinski definition) is 2. The van der Waals surface area contributed by atoms with Gasteiger partial charge >= 0.3 is 11.9 Å². The fourth-order valence-electron chi connectivity index (χ4n) is 0.329.